The molecule has 18 heavy (non-hydrogen) atoms. The molecule has 5 atom stereocenters. The van der Waals surface area contributed by atoms with Crippen LogP contribution in [0.2, 0.25) is 0 Å². The fourth-order valence-corrected chi connectivity index (χ4v) is 1.59. The molecule has 0 bridgehead atoms. The normalized spacial score (nSPS) is 34.1. The molecule has 0 unspecified atom stereocenters. The van der Waals surface area contributed by atoms with Gasteiger partial charge in [0.15, 0.2) is 6.29 Å². The van der Waals surface area contributed by atoms with Crippen LogP contribution in [0.1, 0.15) is 6.42 Å². The summed E-state index contributed by atoms with van der Waals surface area (Å²) in [6.45, 7) is -0.470. The standard InChI is InChI=1S/C9H18N2O6S/c10-4(3-18)9(15)11-17-7-1-5(13)8(14)6(2-12)16-7/h4-8,12-14,18H,1-3,10H2,(H,11,15)/t4-,5+,6+,7+,8-/m0/s1. The lowest BCUT2D eigenvalue weighted by atomic mass is 10.0. The van der Waals surface area contributed by atoms with Crippen molar-refractivity contribution in [1.29, 1.82) is 0 Å². The molecule has 1 saturated heterocycles. The number of nitrogens with one attached hydrogen (secondary N) is 1. The second-order valence-electron chi connectivity index (χ2n) is 3.95. The van der Waals surface area contributed by atoms with Crippen molar-refractivity contribution in [3.05, 3.63) is 0 Å². The van der Waals surface area contributed by atoms with Crippen LogP contribution in [0.25, 0.3) is 0 Å². The molecule has 0 aromatic carbocycles. The predicted octanol–water partition coefficient (Wildman–Crippen LogP) is -2.88. The quantitative estimate of drug-likeness (QED) is 0.235. The van der Waals surface area contributed by atoms with Crippen LogP contribution in [0.5, 0.6) is 0 Å². The lowest BCUT2D eigenvalue weighted by molar-refractivity contribution is -0.272. The van der Waals surface area contributed by atoms with Crippen LogP contribution in [0, 0.1) is 0 Å². The molecule has 9 heteroatoms. The second-order valence-corrected chi connectivity index (χ2v) is 4.32. The number of hydrogen-bond donors (Lipinski definition) is 6. The maximum absolute atomic E-state index is 11.3. The third-order valence-electron chi connectivity index (χ3n) is 2.54. The van der Waals surface area contributed by atoms with E-state index in [1.807, 2.05) is 0 Å². The third-order valence-corrected chi connectivity index (χ3v) is 2.93. The Morgan fingerprint density at radius 3 is 2.83 bits per heavy atom. The summed E-state index contributed by atoms with van der Waals surface area (Å²) >= 11 is 3.85. The van der Waals surface area contributed by atoms with Gasteiger partial charge in [-0.1, -0.05) is 0 Å². The Hall–Kier alpha value is -0.420. The first-order chi connectivity index (χ1) is 8.49. The van der Waals surface area contributed by atoms with Gasteiger partial charge in [-0.2, -0.15) is 12.6 Å². The van der Waals surface area contributed by atoms with Crippen molar-refractivity contribution in [2.24, 2.45) is 5.73 Å². The van der Waals surface area contributed by atoms with Gasteiger partial charge in [-0.3, -0.25) is 4.79 Å². The summed E-state index contributed by atoms with van der Waals surface area (Å²) in [4.78, 5) is 16.2. The average molecular weight is 282 g/mol. The van der Waals surface area contributed by atoms with E-state index in [9.17, 15) is 15.0 Å². The van der Waals surface area contributed by atoms with E-state index in [-0.39, 0.29) is 12.2 Å². The molecule has 0 saturated carbocycles. The highest BCUT2D eigenvalue weighted by atomic mass is 32.1. The van der Waals surface area contributed by atoms with Crippen molar-refractivity contribution in [1.82, 2.24) is 5.48 Å². The maximum atomic E-state index is 11.3. The van der Waals surface area contributed by atoms with E-state index in [4.69, 9.17) is 20.4 Å². The van der Waals surface area contributed by atoms with Crippen LogP contribution in [-0.2, 0) is 14.4 Å². The number of hydroxylamine groups is 1. The van der Waals surface area contributed by atoms with Gasteiger partial charge >= 0.3 is 0 Å². The molecule has 0 aliphatic carbocycles. The summed E-state index contributed by atoms with van der Waals surface area (Å²) in [6.07, 6.45) is -4.25. The SMILES string of the molecule is N[C@@H](CS)C(=O)NO[C@@H]1C[C@@H](O)[C@H](O)[C@@H](CO)O1. The smallest absolute Gasteiger partial charge is 0.261 e. The minimum Gasteiger partial charge on any atom is -0.394 e. The van der Waals surface area contributed by atoms with Crippen molar-refractivity contribution in [2.75, 3.05) is 12.4 Å². The topological polar surface area (TPSA) is 134 Å². The van der Waals surface area contributed by atoms with Crippen LogP contribution in [0.4, 0.5) is 0 Å². The monoisotopic (exact) mass is 282 g/mol. The van der Waals surface area contributed by atoms with Crippen molar-refractivity contribution in [3.8, 4) is 0 Å². The molecule has 0 spiro atoms. The van der Waals surface area contributed by atoms with E-state index in [1.165, 1.54) is 0 Å². The molecule has 0 aromatic rings. The number of rotatable bonds is 5. The van der Waals surface area contributed by atoms with Crippen molar-refractivity contribution < 1.29 is 29.7 Å². The molecule has 106 valence electrons. The zero-order chi connectivity index (χ0) is 13.7. The largest absolute Gasteiger partial charge is 0.394 e. The lowest BCUT2D eigenvalue weighted by Crippen LogP contribution is -2.52. The minimum absolute atomic E-state index is 0.0337. The van der Waals surface area contributed by atoms with Crippen molar-refractivity contribution in [3.63, 3.8) is 0 Å². The summed E-state index contributed by atoms with van der Waals surface area (Å²) in [5.74, 6) is -0.420. The summed E-state index contributed by atoms with van der Waals surface area (Å²) < 4.78 is 5.13. The molecule has 1 amide bonds. The molecular formula is C9H18N2O6S. The molecule has 1 aliphatic rings. The van der Waals surface area contributed by atoms with Crippen LogP contribution in [0.3, 0.4) is 0 Å². The fraction of sp³-hybridized carbons (Fsp3) is 0.889. The number of thiol groups is 1. The molecular weight excluding hydrogens is 264 g/mol. The first-order valence-corrected chi connectivity index (χ1v) is 6.07. The van der Waals surface area contributed by atoms with Gasteiger partial charge in [0, 0.05) is 12.2 Å². The van der Waals surface area contributed by atoms with Crippen molar-refractivity contribution >= 4 is 18.5 Å². The van der Waals surface area contributed by atoms with Crippen LogP contribution < -0.4 is 11.2 Å². The van der Waals surface area contributed by atoms with E-state index in [1.54, 1.807) is 0 Å². The molecule has 0 aromatic heterocycles. The summed E-state index contributed by atoms with van der Waals surface area (Å²) in [5.41, 5.74) is 7.47. The number of carbonyl (C=O) groups is 1. The van der Waals surface area contributed by atoms with Crippen LogP contribution in [-0.4, -0.2) is 64.2 Å². The Bertz CT molecular complexity index is 282. The number of hydrogen-bond acceptors (Lipinski definition) is 8. The predicted molar refractivity (Wildman–Crippen MR) is 63.4 cm³/mol. The number of nitrogens with two attached hydrogens (primary N) is 1. The highest BCUT2D eigenvalue weighted by Crippen LogP contribution is 2.20. The van der Waals surface area contributed by atoms with E-state index >= 15 is 0 Å². The number of aliphatic hydroxyl groups is 3. The maximum Gasteiger partial charge on any atom is 0.261 e. The van der Waals surface area contributed by atoms with Gasteiger partial charge in [0.2, 0.25) is 0 Å². The average Bonchev–Trinajstić information content (AvgIpc) is 2.38. The highest BCUT2D eigenvalue weighted by Gasteiger charge is 2.37. The molecule has 1 rings (SSSR count). The number of amides is 1. The number of aliphatic hydroxyl groups excluding tert-OH is 3. The van der Waals surface area contributed by atoms with Gasteiger partial charge < -0.3 is 25.8 Å². The van der Waals surface area contributed by atoms with Crippen molar-refractivity contribution in [2.45, 2.75) is 37.1 Å². The fourth-order valence-electron chi connectivity index (χ4n) is 1.42. The van der Waals surface area contributed by atoms with E-state index in [2.05, 4.69) is 18.1 Å². The Morgan fingerprint density at radius 1 is 1.61 bits per heavy atom. The Balaban J connectivity index is 2.41. The Morgan fingerprint density at radius 2 is 2.28 bits per heavy atom. The summed E-state index contributed by atoms with van der Waals surface area (Å²) in [7, 11) is 0. The summed E-state index contributed by atoms with van der Waals surface area (Å²) in [6, 6.07) is -0.818. The van der Waals surface area contributed by atoms with E-state index in [0.717, 1.165) is 0 Å². The van der Waals surface area contributed by atoms with E-state index in [0.29, 0.717) is 0 Å². The zero-order valence-electron chi connectivity index (χ0n) is 9.60. The van der Waals surface area contributed by atoms with Gasteiger partial charge in [-0.05, 0) is 0 Å². The lowest BCUT2D eigenvalue weighted by Gasteiger charge is -2.35. The molecule has 8 nitrogen and oxygen atoms in total. The summed E-state index contributed by atoms with van der Waals surface area (Å²) in [5, 5.41) is 27.9. The minimum atomic E-state index is -1.19. The van der Waals surface area contributed by atoms with Crippen LogP contribution in [0.15, 0.2) is 0 Å². The van der Waals surface area contributed by atoms with Gasteiger partial charge in [0.25, 0.3) is 5.91 Å². The third kappa shape index (κ3) is 4.05. The molecule has 1 fully saturated rings. The van der Waals surface area contributed by atoms with Crippen LogP contribution >= 0.6 is 12.6 Å². The molecule has 1 aliphatic heterocycles. The zero-order valence-corrected chi connectivity index (χ0v) is 10.5. The van der Waals surface area contributed by atoms with E-state index < -0.39 is 43.2 Å². The molecule has 0 radical (unpaired) electrons. The molecule has 1 heterocycles. The van der Waals surface area contributed by atoms with Gasteiger partial charge in [0.1, 0.15) is 12.2 Å². The highest BCUT2D eigenvalue weighted by molar-refractivity contribution is 7.80. The first-order valence-electron chi connectivity index (χ1n) is 5.44. The molecule has 6 N–H and O–H groups in total. The number of ether oxygens (including phenoxy) is 1. The second kappa shape index (κ2) is 7.24. The Kier molecular flexibility index (Phi) is 6.29. The Labute approximate surface area is 109 Å². The first kappa shape index (κ1) is 15.6. The van der Waals surface area contributed by atoms with Gasteiger partial charge in [0.05, 0.1) is 18.8 Å². The van der Waals surface area contributed by atoms with Gasteiger partial charge in [-0.15, -0.1) is 0 Å². The van der Waals surface area contributed by atoms with Gasteiger partial charge in [-0.25, -0.2) is 10.3 Å². The number of carbonyl (C=O) groups excluding carboxylic acids is 1.